The molecular weight excluding hydrogens is 308 g/mol. The van der Waals surface area contributed by atoms with E-state index in [2.05, 4.69) is 15.3 Å². The van der Waals surface area contributed by atoms with Gasteiger partial charge in [-0.3, -0.25) is 4.68 Å². The van der Waals surface area contributed by atoms with Gasteiger partial charge in [-0.1, -0.05) is 28.9 Å². The van der Waals surface area contributed by atoms with E-state index in [1.54, 1.807) is 22.2 Å². The molecule has 0 unspecified atom stereocenters. The van der Waals surface area contributed by atoms with Gasteiger partial charge in [0.1, 0.15) is 10.7 Å². The lowest BCUT2D eigenvalue weighted by molar-refractivity contribution is 0.276. The second-order valence-corrected chi connectivity index (χ2v) is 5.83. The summed E-state index contributed by atoms with van der Waals surface area (Å²) in [7, 11) is 0. The molecule has 0 bridgehead atoms. The second-order valence-electron chi connectivity index (χ2n) is 4.53. The van der Waals surface area contributed by atoms with E-state index in [-0.39, 0.29) is 6.61 Å². The van der Waals surface area contributed by atoms with E-state index in [9.17, 15) is 0 Å². The minimum Gasteiger partial charge on any atom is -0.390 e. The number of hydrogen-bond donors (Lipinski definition) is 1. The van der Waals surface area contributed by atoms with Gasteiger partial charge in [0.2, 0.25) is 0 Å². The first-order valence-electron chi connectivity index (χ1n) is 6.45. The van der Waals surface area contributed by atoms with Crippen LogP contribution in [0.4, 0.5) is 0 Å². The van der Waals surface area contributed by atoms with Crippen molar-refractivity contribution in [1.29, 1.82) is 0 Å². The third-order valence-electron chi connectivity index (χ3n) is 2.99. The molecular formula is C14H13ClN4OS. The molecule has 1 aromatic carbocycles. The molecule has 0 aliphatic rings. The Balaban J connectivity index is 1.66. The topological polar surface area (TPSA) is 63.8 Å². The highest BCUT2D eigenvalue weighted by atomic mass is 35.5. The van der Waals surface area contributed by atoms with E-state index < -0.39 is 0 Å². The van der Waals surface area contributed by atoms with Gasteiger partial charge in [-0.2, -0.15) is 0 Å². The molecule has 0 radical (unpaired) electrons. The number of aryl methyl sites for hydroxylation is 2. The van der Waals surface area contributed by atoms with Crippen molar-refractivity contribution < 1.29 is 5.11 Å². The largest absolute Gasteiger partial charge is 0.390 e. The fraction of sp³-hybridized carbons (Fsp3) is 0.214. The number of thiazole rings is 1. The minimum absolute atomic E-state index is 0.0859. The quantitative estimate of drug-likeness (QED) is 0.785. The maximum Gasteiger partial charge on any atom is 0.123 e. The zero-order valence-electron chi connectivity index (χ0n) is 11.1. The Bertz CT molecular complexity index is 723. The molecule has 21 heavy (non-hydrogen) atoms. The number of nitrogens with zero attached hydrogens (tertiary/aromatic N) is 4. The summed E-state index contributed by atoms with van der Waals surface area (Å²) in [5, 5.41) is 20.5. The molecule has 7 heteroatoms. The van der Waals surface area contributed by atoms with E-state index in [0.29, 0.717) is 12.2 Å². The lowest BCUT2D eigenvalue weighted by Gasteiger charge is -1.98. The molecule has 3 aromatic rings. The van der Waals surface area contributed by atoms with Crippen LogP contribution in [0, 0.1) is 0 Å². The van der Waals surface area contributed by atoms with Crippen LogP contribution in [-0.4, -0.2) is 25.1 Å². The lowest BCUT2D eigenvalue weighted by Crippen LogP contribution is -2.02. The Morgan fingerprint density at radius 2 is 2.00 bits per heavy atom. The summed E-state index contributed by atoms with van der Waals surface area (Å²) in [5.74, 6) is 0. The summed E-state index contributed by atoms with van der Waals surface area (Å²) < 4.78 is 1.72. The Labute approximate surface area is 130 Å². The van der Waals surface area contributed by atoms with E-state index in [4.69, 9.17) is 16.7 Å². The third-order valence-corrected chi connectivity index (χ3v) is 4.18. The van der Waals surface area contributed by atoms with Crippen LogP contribution in [0.5, 0.6) is 0 Å². The van der Waals surface area contributed by atoms with Crippen molar-refractivity contribution in [2.75, 3.05) is 0 Å². The summed E-state index contributed by atoms with van der Waals surface area (Å²) in [6.07, 6.45) is 2.52. The van der Waals surface area contributed by atoms with Crippen molar-refractivity contribution in [3.05, 3.63) is 52.3 Å². The van der Waals surface area contributed by atoms with Gasteiger partial charge in [-0.05, 0) is 12.1 Å². The van der Waals surface area contributed by atoms with Crippen LogP contribution in [-0.2, 0) is 19.6 Å². The maximum absolute atomic E-state index is 8.95. The number of benzene rings is 1. The molecule has 0 spiro atoms. The van der Waals surface area contributed by atoms with Crippen LogP contribution in [0.1, 0.15) is 11.4 Å². The molecule has 0 aliphatic heterocycles. The predicted octanol–water partition coefficient (Wildman–Crippen LogP) is 2.79. The van der Waals surface area contributed by atoms with Crippen molar-refractivity contribution in [1.82, 2.24) is 20.0 Å². The standard InChI is InChI=1S/C14H13ClN4OS/c15-11-3-1-10(2-4-11)14-16-12(9-21-14)5-6-19-7-13(8-20)17-18-19/h1-4,7,9,20H,5-6,8H2. The number of aromatic nitrogens is 4. The first-order chi connectivity index (χ1) is 10.2. The molecule has 0 amide bonds. The van der Waals surface area contributed by atoms with Gasteiger partial charge in [0.15, 0.2) is 0 Å². The normalized spacial score (nSPS) is 11.0. The van der Waals surface area contributed by atoms with Crippen molar-refractivity contribution >= 4 is 22.9 Å². The predicted molar refractivity (Wildman–Crippen MR) is 82.2 cm³/mol. The maximum atomic E-state index is 8.95. The van der Waals surface area contributed by atoms with Crippen molar-refractivity contribution in [2.45, 2.75) is 19.6 Å². The monoisotopic (exact) mass is 320 g/mol. The van der Waals surface area contributed by atoms with Gasteiger partial charge in [0.25, 0.3) is 0 Å². The van der Waals surface area contributed by atoms with Crippen molar-refractivity contribution in [2.24, 2.45) is 0 Å². The van der Waals surface area contributed by atoms with Crippen LogP contribution in [0.3, 0.4) is 0 Å². The highest BCUT2D eigenvalue weighted by Gasteiger charge is 2.06. The molecule has 3 rings (SSSR count). The summed E-state index contributed by atoms with van der Waals surface area (Å²) in [4.78, 5) is 4.62. The van der Waals surface area contributed by atoms with Crippen molar-refractivity contribution in [3.63, 3.8) is 0 Å². The van der Waals surface area contributed by atoms with E-state index >= 15 is 0 Å². The Morgan fingerprint density at radius 3 is 2.71 bits per heavy atom. The molecule has 0 atom stereocenters. The molecule has 2 heterocycles. The summed E-state index contributed by atoms with van der Waals surface area (Å²) in [6, 6.07) is 7.67. The van der Waals surface area contributed by atoms with Gasteiger partial charge in [-0.25, -0.2) is 4.98 Å². The number of halogens is 1. The fourth-order valence-corrected chi connectivity index (χ4v) is 2.88. The smallest absolute Gasteiger partial charge is 0.123 e. The van der Waals surface area contributed by atoms with Gasteiger partial charge < -0.3 is 5.11 Å². The average Bonchev–Trinajstić information content (AvgIpc) is 3.15. The summed E-state index contributed by atoms with van der Waals surface area (Å²) >= 11 is 7.50. The van der Waals surface area contributed by atoms with Crippen molar-refractivity contribution in [3.8, 4) is 10.6 Å². The Morgan fingerprint density at radius 1 is 1.19 bits per heavy atom. The SMILES string of the molecule is OCc1cn(CCc2csc(-c3ccc(Cl)cc3)n2)nn1. The Kier molecular flexibility index (Phi) is 4.28. The highest BCUT2D eigenvalue weighted by molar-refractivity contribution is 7.13. The molecule has 5 nitrogen and oxygen atoms in total. The highest BCUT2D eigenvalue weighted by Crippen LogP contribution is 2.25. The first-order valence-corrected chi connectivity index (χ1v) is 7.70. The third kappa shape index (κ3) is 3.47. The first kappa shape index (κ1) is 14.2. The molecule has 108 valence electrons. The number of aliphatic hydroxyl groups is 1. The minimum atomic E-state index is -0.0859. The molecule has 0 saturated heterocycles. The average molecular weight is 321 g/mol. The van der Waals surface area contributed by atoms with Crippen LogP contribution >= 0.6 is 22.9 Å². The summed E-state index contributed by atoms with van der Waals surface area (Å²) in [5.41, 5.74) is 2.67. The zero-order valence-corrected chi connectivity index (χ0v) is 12.7. The van der Waals surface area contributed by atoms with Crippen LogP contribution in [0.25, 0.3) is 10.6 Å². The number of aliphatic hydroxyl groups excluding tert-OH is 1. The van der Waals surface area contributed by atoms with E-state index in [0.717, 1.165) is 27.7 Å². The van der Waals surface area contributed by atoms with Crippen LogP contribution < -0.4 is 0 Å². The van der Waals surface area contributed by atoms with Gasteiger partial charge in [0, 0.05) is 28.9 Å². The van der Waals surface area contributed by atoms with Gasteiger partial charge >= 0.3 is 0 Å². The number of hydrogen-bond acceptors (Lipinski definition) is 5. The zero-order chi connectivity index (χ0) is 14.7. The van der Waals surface area contributed by atoms with E-state index in [1.807, 2.05) is 29.6 Å². The van der Waals surface area contributed by atoms with Crippen LogP contribution in [0.15, 0.2) is 35.8 Å². The van der Waals surface area contributed by atoms with Crippen LogP contribution in [0.2, 0.25) is 5.02 Å². The lowest BCUT2D eigenvalue weighted by atomic mass is 10.2. The molecule has 0 saturated carbocycles. The molecule has 0 aliphatic carbocycles. The molecule has 2 aromatic heterocycles. The van der Waals surface area contributed by atoms with Gasteiger partial charge in [-0.15, -0.1) is 16.4 Å². The number of rotatable bonds is 5. The molecule has 0 fully saturated rings. The second kappa shape index (κ2) is 6.34. The van der Waals surface area contributed by atoms with E-state index in [1.165, 1.54) is 0 Å². The van der Waals surface area contributed by atoms with Gasteiger partial charge in [0.05, 0.1) is 18.5 Å². The Hall–Kier alpha value is -1.76. The summed E-state index contributed by atoms with van der Waals surface area (Å²) in [6.45, 7) is 0.605. The fourth-order valence-electron chi connectivity index (χ4n) is 1.90. The molecule has 1 N–H and O–H groups in total.